The van der Waals surface area contributed by atoms with Crippen LogP contribution >= 0.6 is 0 Å². The lowest BCUT2D eigenvalue weighted by Crippen LogP contribution is -2.43. The van der Waals surface area contributed by atoms with E-state index in [0.29, 0.717) is 23.2 Å². The quantitative estimate of drug-likeness (QED) is 0.322. The lowest BCUT2D eigenvalue weighted by atomic mass is 9.78. The molecule has 0 heterocycles. The Kier molecular flexibility index (Phi) is 9.33. The summed E-state index contributed by atoms with van der Waals surface area (Å²) in [6, 6.07) is 6.29. The Balaban J connectivity index is 2.21. The van der Waals surface area contributed by atoms with Crippen molar-refractivity contribution in [2.45, 2.75) is 31.2 Å². The number of esters is 1. The highest BCUT2D eigenvalue weighted by Gasteiger charge is 2.37. The molecule has 0 aromatic heterocycles. The number of carbonyl (C=O) groups excluding carboxylic acids is 2. The molecular formula is C22H22BF6NO5. The van der Waals surface area contributed by atoms with Gasteiger partial charge in [-0.3, -0.25) is 4.79 Å². The predicted octanol–water partition coefficient (Wildman–Crippen LogP) is 3.16. The minimum Gasteiger partial charge on any atom is -0.467 e. The number of rotatable bonds is 9. The Bertz CT molecular complexity index is 990. The van der Waals surface area contributed by atoms with Gasteiger partial charge in [0.15, 0.2) is 0 Å². The third-order valence-corrected chi connectivity index (χ3v) is 4.95. The maximum Gasteiger partial charge on any atom is 0.493 e. The summed E-state index contributed by atoms with van der Waals surface area (Å²) < 4.78 is 93.3. The molecule has 2 aromatic rings. The Hall–Kier alpha value is -3.06. The summed E-state index contributed by atoms with van der Waals surface area (Å²) >= 11 is 0. The molecule has 1 amide bonds. The van der Waals surface area contributed by atoms with Crippen LogP contribution in [0.15, 0.2) is 42.5 Å². The first-order valence-corrected chi connectivity index (χ1v) is 10.1. The summed E-state index contributed by atoms with van der Waals surface area (Å²) in [4.78, 5) is 24.6. The first kappa shape index (κ1) is 28.2. The summed E-state index contributed by atoms with van der Waals surface area (Å²) in [7, 11) is 3.36. The molecule has 0 bridgehead atoms. The summed E-state index contributed by atoms with van der Waals surface area (Å²) in [6.07, 6.45) is -10.9. The number of nitrogens with one attached hydrogen (secondary N) is 1. The molecule has 1 N–H and O–H groups in total. The number of ether oxygens (including phenoxy) is 1. The molecule has 0 saturated carbocycles. The van der Waals surface area contributed by atoms with Gasteiger partial charge in [-0.05, 0) is 34.8 Å². The smallest absolute Gasteiger partial charge is 0.467 e. The van der Waals surface area contributed by atoms with E-state index in [1.165, 1.54) is 14.2 Å². The van der Waals surface area contributed by atoms with Crippen molar-refractivity contribution in [3.8, 4) is 0 Å². The van der Waals surface area contributed by atoms with Crippen LogP contribution in [0.2, 0.25) is 0 Å². The molecule has 0 saturated heterocycles. The summed E-state index contributed by atoms with van der Waals surface area (Å²) in [5.41, 5.74) is -2.31. The van der Waals surface area contributed by atoms with Crippen LogP contribution in [0.1, 0.15) is 22.3 Å². The zero-order valence-electron chi connectivity index (χ0n) is 18.9. The Morgan fingerprint density at radius 1 is 0.857 bits per heavy atom. The molecule has 6 nitrogen and oxygen atoms in total. The van der Waals surface area contributed by atoms with E-state index in [4.69, 9.17) is 9.31 Å². The van der Waals surface area contributed by atoms with Gasteiger partial charge in [0, 0.05) is 20.6 Å². The Morgan fingerprint density at radius 2 is 1.37 bits per heavy atom. The third kappa shape index (κ3) is 8.00. The second-order valence-electron chi connectivity index (χ2n) is 7.48. The Labute approximate surface area is 197 Å². The largest absolute Gasteiger partial charge is 0.493 e. The number of hydrogen-bond acceptors (Lipinski definition) is 5. The van der Waals surface area contributed by atoms with Crippen LogP contribution in [-0.4, -0.2) is 46.4 Å². The van der Waals surface area contributed by atoms with Crippen LogP contribution in [-0.2, 0) is 48.8 Å². The zero-order chi connectivity index (χ0) is 26.4. The third-order valence-electron chi connectivity index (χ3n) is 4.95. The molecular weight excluding hydrogens is 483 g/mol. The summed E-state index contributed by atoms with van der Waals surface area (Å²) in [5.74, 6) is -1.79. The number of halogens is 6. The van der Waals surface area contributed by atoms with Crippen molar-refractivity contribution in [1.29, 1.82) is 0 Å². The molecule has 2 rings (SSSR count). The van der Waals surface area contributed by atoms with E-state index in [0.717, 1.165) is 7.11 Å². The minimum absolute atomic E-state index is 0.0277. The average Bonchev–Trinajstić information content (AvgIpc) is 2.78. The van der Waals surface area contributed by atoms with Crippen LogP contribution in [0, 0.1) is 0 Å². The summed E-state index contributed by atoms with van der Waals surface area (Å²) in [5, 5.41) is 2.32. The van der Waals surface area contributed by atoms with Gasteiger partial charge in [-0.15, -0.1) is 0 Å². The number of benzene rings is 2. The first-order valence-electron chi connectivity index (χ1n) is 10.1. The number of methoxy groups -OCH3 is 1. The standard InChI is InChI=1S/C22H22BF6NO5/c1-33-20(32)18(10-13-4-6-17(7-5-13)23(34-2)35-3)30-19(31)11-14-8-15(21(24,25)26)12-16(9-14)22(27,28)29/h4-9,12,18H,10-11H2,1-3H3,(H,30,31)/t18-/m1/s1. The lowest BCUT2D eigenvalue weighted by Gasteiger charge is -2.18. The Morgan fingerprint density at radius 3 is 1.80 bits per heavy atom. The molecule has 190 valence electrons. The fraction of sp³-hybridized carbons (Fsp3) is 0.364. The monoisotopic (exact) mass is 505 g/mol. The van der Waals surface area contributed by atoms with Gasteiger partial charge in [0.05, 0.1) is 24.7 Å². The molecule has 2 aromatic carbocycles. The predicted molar refractivity (Wildman–Crippen MR) is 114 cm³/mol. The van der Waals surface area contributed by atoms with Gasteiger partial charge < -0.3 is 19.4 Å². The molecule has 1 atom stereocenters. The van der Waals surface area contributed by atoms with E-state index >= 15 is 0 Å². The van der Waals surface area contributed by atoms with Crippen molar-refractivity contribution in [1.82, 2.24) is 5.32 Å². The van der Waals surface area contributed by atoms with Crippen LogP contribution in [0.5, 0.6) is 0 Å². The van der Waals surface area contributed by atoms with Crippen LogP contribution in [0.4, 0.5) is 26.3 Å². The van der Waals surface area contributed by atoms with Gasteiger partial charge in [0.2, 0.25) is 5.91 Å². The van der Waals surface area contributed by atoms with Crippen molar-refractivity contribution in [3.05, 3.63) is 64.7 Å². The SMILES string of the molecule is COB(OC)c1ccc(C[C@@H](NC(=O)Cc2cc(C(F)(F)F)cc(C(F)(F)F)c2)C(=O)OC)cc1. The molecule has 0 unspecified atom stereocenters. The number of hydrogen-bond donors (Lipinski definition) is 1. The molecule has 0 radical (unpaired) electrons. The van der Waals surface area contributed by atoms with Crippen LogP contribution in [0.3, 0.4) is 0 Å². The van der Waals surface area contributed by atoms with Crippen molar-refractivity contribution < 1.29 is 50.0 Å². The van der Waals surface area contributed by atoms with E-state index < -0.39 is 60.5 Å². The van der Waals surface area contributed by atoms with Crippen LogP contribution < -0.4 is 10.8 Å². The fourth-order valence-corrected chi connectivity index (χ4v) is 3.30. The normalized spacial score (nSPS) is 12.7. The highest BCUT2D eigenvalue weighted by atomic mass is 19.4. The van der Waals surface area contributed by atoms with Crippen LogP contribution in [0.25, 0.3) is 0 Å². The highest BCUT2D eigenvalue weighted by molar-refractivity contribution is 6.61. The van der Waals surface area contributed by atoms with Crippen molar-refractivity contribution in [2.75, 3.05) is 21.3 Å². The molecule has 0 aliphatic rings. The molecule has 0 aliphatic heterocycles. The van der Waals surface area contributed by atoms with Gasteiger partial charge in [0.1, 0.15) is 6.04 Å². The van der Waals surface area contributed by atoms with Gasteiger partial charge in [-0.2, -0.15) is 26.3 Å². The molecule has 0 spiro atoms. The molecule has 35 heavy (non-hydrogen) atoms. The van der Waals surface area contributed by atoms with E-state index in [1.807, 2.05) is 0 Å². The van der Waals surface area contributed by atoms with Gasteiger partial charge in [-0.25, -0.2) is 4.79 Å². The maximum atomic E-state index is 13.1. The van der Waals surface area contributed by atoms with Crippen molar-refractivity contribution in [3.63, 3.8) is 0 Å². The fourth-order valence-electron chi connectivity index (χ4n) is 3.30. The first-order chi connectivity index (χ1) is 16.3. The minimum atomic E-state index is -5.04. The van der Waals surface area contributed by atoms with Gasteiger partial charge in [0.25, 0.3) is 0 Å². The molecule has 0 aliphatic carbocycles. The van der Waals surface area contributed by atoms with E-state index in [9.17, 15) is 35.9 Å². The number of carbonyl (C=O) groups is 2. The molecule has 0 fully saturated rings. The van der Waals surface area contributed by atoms with Gasteiger partial charge >= 0.3 is 25.4 Å². The second kappa shape index (κ2) is 11.6. The number of alkyl halides is 6. The zero-order valence-corrected chi connectivity index (χ0v) is 18.9. The maximum absolute atomic E-state index is 13.1. The highest BCUT2D eigenvalue weighted by Crippen LogP contribution is 2.36. The average molecular weight is 505 g/mol. The topological polar surface area (TPSA) is 73.9 Å². The molecule has 13 heteroatoms. The lowest BCUT2D eigenvalue weighted by molar-refractivity contribution is -0.145. The number of amides is 1. The van der Waals surface area contributed by atoms with E-state index in [-0.39, 0.29) is 12.5 Å². The van der Waals surface area contributed by atoms with E-state index in [1.54, 1.807) is 24.3 Å². The summed E-state index contributed by atoms with van der Waals surface area (Å²) in [6.45, 7) is 0. The van der Waals surface area contributed by atoms with Crippen molar-refractivity contribution in [2.24, 2.45) is 0 Å². The van der Waals surface area contributed by atoms with Crippen molar-refractivity contribution >= 4 is 24.5 Å². The second-order valence-corrected chi connectivity index (χ2v) is 7.48. The van der Waals surface area contributed by atoms with Gasteiger partial charge in [-0.1, -0.05) is 24.3 Å². The van der Waals surface area contributed by atoms with E-state index in [2.05, 4.69) is 10.1 Å².